The molecule has 84 valence electrons. The smallest absolute Gasteiger partial charge is 0.0500 e. The van der Waals surface area contributed by atoms with Crippen LogP contribution < -0.4 is 4.90 Å². The van der Waals surface area contributed by atoms with Crippen molar-refractivity contribution in [2.75, 3.05) is 32.2 Å². The second kappa shape index (κ2) is 5.73. The van der Waals surface area contributed by atoms with E-state index in [9.17, 15) is 0 Å². The molecule has 0 saturated carbocycles. The Morgan fingerprint density at radius 3 is 2.13 bits per heavy atom. The van der Waals surface area contributed by atoms with E-state index in [0.29, 0.717) is 6.42 Å². The van der Waals surface area contributed by atoms with Gasteiger partial charge in [0.2, 0.25) is 0 Å². The Kier molecular flexibility index (Phi) is 4.59. The van der Waals surface area contributed by atoms with Gasteiger partial charge in [0.15, 0.2) is 0 Å². The van der Waals surface area contributed by atoms with E-state index in [1.165, 1.54) is 0 Å². The van der Waals surface area contributed by atoms with Gasteiger partial charge in [-0.1, -0.05) is 12.1 Å². The van der Waals surface area contributed by atoms with E-state index in [1.807, 2.05) is 43.3 Å². The fourth-order valence-electron chi connectivity index (χ4n) is 1.56. The lowest BCUT2D eigenvalue weighted by Crippen LogP contribution is -2.10. The molecule has 0 radical (unpaired) electrons. The fourth-order valence-corrected chi connectivity index (χ4v) is 1.56. The highest BCUT2D eigenvalue weighted by atomic mass is 16.3. The van der Waals surface area contributed by atoms with E-state index in [-0.39, 0.29) is 19.1 Å². The molecule has 1 rings (SSSR count). The summed E-state index contributed by atoms with van der Waals surface area (Å²) in [5, 5.41) is 18.0. The summed E-state index contributed by atoms with van der Waals surface area (Å²) >= 11 is 0. The maximum atomic E-state index is 9.17. The third-order valence-corrected chi connectivity index (χ3v) is 2.58. The van der Waals surface area contributed by atoms with Crippen molar-refractivity contribution in [2.24, 2.45) is 0 Å². The summed E-state index contributed by atoms with van der Waals surface area (Å²) in [4.78, 5) is 2.03. The average molecular weight is 209 g/mol. The number of aliphatic hydroxyl groups excluding tert-OH is 2. The lowest BCUT2D eigenvalue weighted by Gasteiger charge is -2.16. The number of hydrogen-bond acceptors (Lipinski definition) is 3. The first kappa shape index (κ1) is 12.0. The second-order valence-electron chi connectivity index (χ2n) is 3.88. The van der Waals surface area contributed by atoms with Crippen LogP contribution in [0.2, 0.25) is 0 Å². The highest BCUT2D eigenvalue weighted by Crippen LogP contribution is 2.21. The van der Waals surface area contributed by atoms with Crippen molar-refractivity contribution < 1.29 is 10.2 Å². The van der Waals surface area contributed by atoms with Crippen LogP contribution in [-0.4, -0.2) is 37.5 Å². The van der Waals surface area contributed by atoms with Crippen LogP contribution in [0, 0.1) is 0 Å². The van der Waals surface area contributed by atoms with Gasteiger partial charge in [0.25, 0.3) is 0 Å². The van der Waals surface area contributed by atoms with Gasteiger partial charge in [-0.3, -0.25) is 0 Å². The lowest BCUT2D eigenvalue weighted by molar-refractivity contribution is 0.220. The Morgan fingerprint density at radius 1 is 1.13 bits per heavy atom. The van der Waals surface area contributed by atoms with Gasteiger partial charge in [0.1, 0.15) is 0 Å². The molecule has 0 bridgehead atoms. The Morgan fingerprint density at radius 2 is 1.73 bits per heavy atom. The van der Waals surface area contributed by atoms with Crippen LogP contribution >= 0.6 is 0 Å². The summed E-state index contributed by atoms with van der Waals surface area (Å²) < 4.78 is 0. The van der Waals surface area contributed by atoms with Gasteiger partial charge >= 0.3 is 0 Å². The number of benzene rings is 1. The van der Waals surface area contributed by atoms with E-state index in [2.05, 4.69) is 0 Å². The molecule has 15 heavy (non-hydrogen) atoms. The van der Waals surface area contributed by atoms with E-state index in [1.54, 1.807) is 0 Å². The second-order valence-corrected chi connectivity index (χ2v) is 3.88. The minimum absolute atomic E-state index is 0.0474. The van der Waals surface area contributed by atoms with Gasteiger partial charge in [-0.15, -0.1) is 0 Å². The van der Waals surface area contributed by atoms with E-state index < -0.39 is 0 Å². The minimum Gasteiger partial charge on any atom is -0.396 e. The van der Waals surface area contributed by atoms with Crippen molar-refractivity contribution in [3.63, 3.8) is 0 Å². The first-order valence-corrected chi connectivity index (χ1v) is 5.18. The Labute approximate surface area is 91.0 Å². The summed E-state index contributed by atoms with van der Waals surface area (Å²) in [7, 11) is 3.98. The third kappa shape index (κ3) is 3.22. The highest BCUT2D eigenvalue weighted by molar-refractivity contribution is 5.46. The minimum atomic E-state index is 0.0474. The van der Waals surface area contributed by atoms with Crippen LogP contribution in [0.25, 0.3) is 0 Å². The molecule has 1 aromatic rings. The number of rotatable bonds is 5. The molecular formula is C12H19NO2. The Balaban J connectivity index is 2.77. The Hall–Kier alpha value is -1.06. The predicted octanol–water partition coefficient (Wildman–Crippen LogP) is 1.21. The predicted molar refractivity (Wildman–Crippen MR) is 62.3 cm³/mol. The number of hydrogen-bond donors (Lipinski definition) is 2. The van der Waals surface area contributed by atoms with Crippen molar-refractivity contribution in [1.29, 1.82) is 0 Å². The SMILES string of the molecule is CN(C)c1ccc([C@@H](CO)CCO)cc1. The van der Waals surface area contributed by atoms with Crippen molar-refractivity contribution in [3.05, 3.63) is 29.8 Å². The summed E-state index contributed by atoms with van der Waals surface area (Å²) in [5.74, 6) is 0.0474. The fraction of sp³-hybridized carbons (Fsp3) is 0.500. The Bertz CT molecular complexity index is 282. The first-order valence-electron chi connectivity index (χ1n) is 5.18. The van der Waals surface area contributed by atoms with Crippen LogP contribution in [0.15, 0.2) is 24.3 Å². The quantitative estimate of drug-likeness (QED) is 0.766. The number of anilines is 1. The lowest BCUT2D eigenvalue weighted by atomic mass is 9.97. The summed E-state index contributed by atoms with van der Waals surface area (Å²) in [5.41, 5.74) is 2.22. The number of nitrogens with zero attached hydrogens (tertiary/aromatic N) is 1. The standard InChI is InChI=1S/C12H19NO2/c1-13(2)12-5-3-10(4-6-12)11(9-15)7-8-14/h3-6,11,14-15H,7-9H2,1-2H3/t11-/m1/s1. The van der Waals surface area contributed by atoms with Crippen LogP contribution in [-0.2, 0) is 0 Å². The maximum absolute atomic E-state index is 9.17. The summed E-state index contributed by atoms with van der Waals surface area (Å²) in [6.07, 6.45) is 0.609. The summed E-state index contributed by atoms with van der Waals surface area (Å²) in [6.45, 7) is 0.197. The molecule has 0 aromatic heterocycles. The molecule has 0 saturated heterocycles. The van der Waals surface area contributed by atoms with Crippen molar-refractivity contribution in [3.8, 4) is 0 Å². The third-order valence-electron chi connectivity index (χ3n) is 2.58. The van der Waals surface area contributed by atoms with Crippen LogP contribution in [0.5, 0.6) is 0 Å². The molecule has 0 heterocycles. The number of aliphatic hydroxyl groups is 2. The molecule has 1 aromatic carbocycles. The molecule has 0 unspecified atom stereocenters. The maximum Gasteiger partial charge on any atom is 0.0500 e. The normalized spacial score (nSPS) is 12.5. The highest BCUT2D eigenvalue weighted by Gasteiger charge is 2.09. The summed E-state index contributed by atoms with van der Waals surface area (Å²) in [6, 6.07) is 8.06. The molecule has 0 aliphatic heterocycles. The van der Waals surface area contributed by atoms with Gasteiger partial charge in [0, 0.05) is 32.3 Å². The molecule has 0 aliphatic carbocycles. The van der Waals surface area contributed by atoms with Gasteiger partial charge in [0.05, 0.1) is 6.61 Å². The van der Waals surface area contributed by atoms with E-state index in [4.69, 9.17) is 10.2 Å². The largest absolute Gasteiger partial charge is 0.396 e. The van der Waals surface area contributed by atoms with Gasteiger partial charge in [-0.2, -0.15) is 0 Å². The molecule has 0 amide bonds. The van der Waals surface area contributed by atoms with Crippen molar-refractivity contribution in [1.82, 2.24) is 0 Å². The molecule has 2 N–H and O–H groups in total. The van der Waals surface area contributed by atoms with Gasteiger partial charge in [-0.25, -0.2) is 0 Å². The van der Waals surface area contributed by atoms with Crippen LogP contribution in [0.1, 0.15) is 17.9 Å². The molecule has 0 aliphatic rings. The van der Waals surface area contributed by atoms with Crippen molar-refractivity contribution >= 4 is 5.69 Å². The van der Waals surface area contributed by atoms with E-state index in [0.717, 1.165) is 11.3 Å². The molecular weight excluding hydrogens is 190 g/mol. The molecule has 0 spiro atoms. The van der Waals surface area contributed by atoms with Crippen LogP contribution in [0.3, 0.4) is 0 Å². The molecule has 3 heteroatoms. The topological polar surface area (TPSA) is 43.7 Å². The zero-order chi connectivity index (χ0) is 11.3. The molecule has 3 nitrogen and oxygen atoms in total. The molecule has 1 atom stereocenters. The zero-order valence-corrected chi connectivity index (χ0v) is 9.35. The zero-order valence-electron chi connectivity index (χ0n) is 9.35. The first-order chi connectivity index (χ1) is 7.19. The van der Waals surface area contributed by atoms with Crippen molar-refractivity contribution in [2.45, 2.75) is 12.3 Å². The van der Waals surface area contributed by atoms with Gasteiger partial charge < -0.3 is 15.1 Å². The van der Waals surface area contributed by atoms with E-state index >= 15 is 0 Å². The monoisotopic (exact) mass is 209 g/mol. The average Bonchev–Trinajstić information content (AvgIpc) is 2.26. The van der Waals surface area contributed by atoms with Gasteiger partial charge in [-0.05, 0) is 24.1 Å². The molecule has 0 fully saturated rings. The van der Waals surface area contributed by atoms with Crippen LogP contribution in [0.4, 0.5) is 5.69 Å².